The average molecular weight is 402 g/mol. The summed E-state index contributed by atoms with van der Waals surface area (Å²) in [7, 11) is 0. The number of pyridine rings is 1. The number of hydrogen-bond acceptors (Lipinski definition) is 7. The van der Waals surface area contributed by atoms with Gasteiger partial charge < -0.3 is 14.4 Å². The highest BCUT2D eigenvalue weighted by atomic mass is 16.5. The summed E-state index contributed by atoms with van der Waals surface area (Å²) in [5.41, 5.74) is 3.40. The van der Waals surface area contributed by atoms with Crippen LogP contribution < -0.4 is 9.64 Å². The average Bonchev–Trinajstić information content (AvgIpc) is 3.23. The number of fused-ring (bicyclic) bond motifs is 1. The van der Waals surface area contributed by atoms with Crippen molar-refractivity contribution in [1.82, 2.24) is 24.5 Å². The SMILES string of the molecule is Cc1cccnc1-n1cnc2c(OCc3ccccc3)nc(N3CCOCC3)nc21. The summed E-state index contributed by atoms with van der Waals surface area (Å²) < 4.78 is 13.5. The summed E-state index contributed by atoms with van der Waals surface area (Å²) >= 11 is 0. The Morgan fingerprint density at radius 2 is 1.83 bits per heavy atom. The third kappa shape index (κ3) is 3.57. The van der Waals surface area contributed by atoms with Gasteiger partial charge in [-0.2, -0.15) is 9.97 Å². The van der Waals surface area contributed by atoms with E-state index in [1.165, 1.54) is 0 Å². The molecule has 3 aromatic heterocycles. The Bertz CT molecular complexity index is 1150. The van der Waals surface area contributed by atoms with E-state index in [2.05, 4.69) is 14.9 Å². The second-order valence-electron chi connectivity index (χ2n) is 7.13. The lowest BCUT2D eigenvalue weighted by Crippen LogP contribution is -2.37. The molecule has 8 heteroatoms. The summed E-state index contributed by atoms with van der Waals surface area (Å²) in [6, 6.07) is 14.0. The van der Waals surface area contributed by atoms with E-state index >= 15 is 0 Å². The van der Waals surface area contributed by atoms with Crippen molar-refractivity contribution in [2.24, 2.45) is 0 Å². The highest BCUT2D eigenvalue weighted by Gasteiger charge is 2.21. The Hall–Kier alpha value is -3.52. The minimum atomic E-state index is 0.408. The number of nitrogens with zero attached hydrogens (tertiary/aromatic N) is 6. The van der Waals surface area contributed by atoms with Gasteiger partial charge in [0.2, 0.25) is 11.8 Å². The van der Waals surface area contributed by atoms with Crippen LogP contribution in [0, 0.1) is 6.92 Å². The Labute approximate surface area is 174 Å². The van der Waals surface area contributed by atoms with Gasteiger partial charge in [0.1, 0.15) is 18.8 Å². The molecule has 0 atom stereocenters. The molecule has 4 aromatic rings. The van der Waals surface area contributed by atoms with Crippen molar-refractivity contribution >= 4 is 17.1 Å². The van der Waals surface area contributed by atoms with Crippen molar-refractivity contribution in [1.29, 1.82) is 0 Å². The van der Waals surface area contributed by atoms with Gasteiger partial charge in [-0.25, -0.2) is 9.97 Å². The molecule has 1 saturated heterocycles. The summed E-state index contributed by atoms with van der Waals surface area (Å²) in [6.07, 6.45) is 3.50. The maximum atomic E-state index is 6.11. The van der Waals surface area contributed by atoms with Gasteiger partial charge in [0.05, 0.1) is 13.2 Å². The molecule has 0 spiro atoms. The Morgan fingerprint density at radius 3 is 2.63 bits per heavy atom. The molecule has 0 unspecified atom stereocenters. The third-order valence-corrected chi connectivity index (χ3v) is 5.07. The third-order valence-electron chi connectivity index (χ3n) is 5.07. The quantitative estimate of drug-likeness (QED) is 0.508. The van der Waals surface area contributed by atoms with Crippen LogP contribution in [-0.2, 0) is 11.3 Å². The zero-order valence-electron chi connectivity index (χ0n) is 16.7. The first-order valence-corrected chi connectivity index (χ1v) is 9.96. The van der Waals surface area contributed by atoms with Crippen LogP contribution in [0.15, 0.2) is 55.0 Å². The fourth-order valence-electron chi connectivity index (χ4n) is 3.48. The Kier molecular flexibility index (Phi) is 4.98. The molecule has 8 nitrogen and oxygen atoms in total. The molecule has 30 heavy (non-hydrogen) atoms. The number of anilines is 1. The largest absolute Gasteiger partial charge is 0.471 e. The first kappa shape index (κ1) is 18.5. The maximum Gasteiger partial charge on any atom is 0.247 e. The minimum absolute atomic E-state index is 0.408. The van der Waals surface area contributed by atoms with E-state index in [9.17, 15) is 0 Å². The van der Waals surface area contributed by atoms with E-state index in [1.807, 2.05) is 54.0 Å². The van der Waals surface area contributed by atoms with Gasteiger partial charge in [0, 0.05) is 19.3 Å². The highest BCUT2D eigenvalue weighted by Crippen LogP contribution is 2.27. The van der Waals surface area contributed by atoms with Crippen LogP contribution >= 0.6 is 0 Å². The lowest BCUT2D eigenvalue weighted by atomic mass is 10.2. The second-order valence-corrected chi connectivity index (χ2v) is 7.13. The van der Waals surface area contributed by atoms with Gasteiger partial charge in [-0.15, -0.1) is 0 Å². The van der Waals surface area contributed by atoms with Crippen LogP contribution in [0.25, 0.3) is 17.0 Å². The molecule has 0 aliphatic carbocycles. The molecule has 152 valence electrons. The molecule has 1 fully saturated rings. The number of morpholine rings is 1. The molecule has 0 radical (unpaired) electrons. The normalized spacial score (nSPS) is 14.2. The molecular weight excluding hydrogens is 380 g/mol. The predicted octanol–water partition coefficient (Wildman–Crippen LogP) is 2.93. The summed E-state index contributed by atoms with van der Waals surface area (Å²) in [6.45, 7) is 5.21. The van der Waals surface area contributed by atoms with Crippen LogP contribution in [0.3, 0.4) is 0 Å². The number of imidazole rings is 1. The molecule has 5 rings (SSSR count). The Balaban J connectivity index is 1.59. The number of benzene rings is 1. The zero-order valence-corrected chi connectivity index (χ0v) is 16.7. The van der Waals surface area contributed by atoms with Crippen molar-refractivity contribution in [3.05, 3.63) is 66.1 Å². The molecule has 0 bridgehead atoms. The van der Waals surface area contributed by atoms with Crippen molar-refractivity contribution < 1.29 is 9.47 Å². The van der Waals surface area contributed by atoms with Gasteiger partial charge in [0.25, 0.3) is 0 Å². The standard InChI is InChI=1S/C22H22N6O2/c1-16-6-5-9-23-19(16)28-15-24-18-20(28)25-22(27-10-12-29-13-11-27)26-21(18)30-14-17-7-3-2-4-8-17/h2-9,15H,10-14H2,1H3. The fraction of sp³-hybridized carbons (Fsp3) is 0.273. The second kappa shape index (κ2) is 8.08. The molecular formula is C22H22N6O2. The van der Waals surface area contributed by atoms with Crippen molar-refractivity contribution in [3.63, 3.8) is 0 Å². The first-order valence-electron chi connectivity index (χ1n) is 9.96. The van der Waals surface area contributed by atoms with Gasteiger partial charge in [-0.05, 0) is 24.1 Å². The van der Waals surface area contributed by atoms with Crippen molar-refractivity contribution in [2.75, 3.05) is 31.2 Å². The molecule has 0 N–H and O–H groups in total. The molecule has 1 aromatic carbocycles. The van der Waals surface area contributed by atoms with Crippen LogP contribution in [0.5, 0.6) is 5.88 Å². The topological polar surface area (TPSA) is 78.2 Å². The van der Waals surface area contributed by atoms with E-state index in [-0.39, 0.29) is 0 Å². The molecule has 4 heterocycles. The number of hydrogen-bond donors (Lipinski definition) is 0. The minimum Gasteiger partial charge on any atom is -0.471 e. The Morgan fingerprint density at radius 1 is 1.00 bits per heavy atom. The predicted molar refractivity (Wildman–Crippen MR) is 113 cm³/mol. The van der Waals surface area contributed by atoms with Crippen molar-refractivity contribution in [3.8, 4) is 11.7 Å². The number of aryl methyl sites for hydroxylation is 1. The van der Waals surface area contributed by atoms with E-state index in [0.717, 1.165) is 30.0 Å². The van der Waals surface area contributed by atoms with Gasteiger partial charge in [-0.1, -0.05) is 36.4 Å². The summed E-state index contributed by atoms with van der Waals surface area (Å²) in [5, 5.41) is 0. The number of rotatable bonds is 5. The monoisotopic (exact) mass is 402 g/mol. The highest BCUT2D eigenvalue weighted by molar-refractivity contribution is 5.79. The van der Waals surface area contributed by atoms with E-state index in [0.29, 0.717) is 42.8 Å². The molecule has 0 saturated carbocycles. The number of aromatic nitrogens is 5. The van der Waals surface area contributed by atoms with Crippen LogP contribution in [0.4, 0.5) is 5.95 Å². The van der Waals surface area contributed by atoms with Gasteiger partial charge in [-0.3, -0.25) is 4.57 Å². The zero-order chi connectivity index (χ0) is 20.3. The van der Waals surface area contributed by atoms with Crippen molar-refractivity contribution in [2.45, 2.75) is 13.5 Å². The van der Waals surface area contributed by atoms with Gasteiger partial charge >= 0.3 is 0 Å². The maximum absolute atomic E-state index is 6.11. The summed E-state index contributed by atoms with van der Waals surface area (Å²) in [5.74, 6) is 1.88. The smallest absolute Gasteiger partial charge is 0.247 e. The fourth-order valence-corrected chi connectivity index (χ4v) is 3.48. The van der Waals surface area contributed by atoms with E-state index in [1.54, 1.807) is 12.5 Å². The molecule has 1 aliphatic rings. The van der Waals surface area contributed by atoms with E-state index < -0.39 is 0 Å². The van der Waals surface area contributed by atoms with Crippen LogP contribution in [-0.4, -0.2) is 50.8 Å². The molecule has 0 amide bonds. The lowest BCUT2D eigenvalue weighted by Gasteiger charge is -2.27. The van der Waals surface area contributed by atoms with Crippen LogP contribution in [0.1, 0.15) is 11.1 Å². The van der Waals surface area contributed by atoms with Crippen LogP contribution in [0.2, 0.25) is 0 Å². The van der Waals surface area contributed by atoms with Gasteiger partial charge in [0.15, 0.2) is 11.2 Å². The summed E-state index contributed by atoms with van der Waals surface area (Å²) in [4.78, 5) is 20.7. The number of ether oxygens (including phenoxy) is 2. The lowest BCUT2D eigenvalue weighted by molar-refractivity contribution is 0.122. The first-order chi connectivity index (χ1) is 14.8. The molecule has 1 aliphatic heterocycles. The van der Waals surface area contributed by atoms with E-state index in [4.69, 9.17) is 19.4 Å².